The summed E-state index contributed by atoms with van der Waals surface area (Å²) in [5.41, 5.74) is -1.03. The van der Waals surface area contributed by atoms with Crippen molar-refractivity contribution >= 4 is 11.9 Å². The van der Waals surface area contributed by atoms with E-state index in [2.05, 4.69) is 17.6 Å². The summed E-state index contributed by atoms with van der Waals surface area (Å²) >= 11 is 0. The number of carboxylic acid groups (broad SMARTS) is 1. The number of ether oxygens (including phenoxy) is 1. The molecule has 2 aliphatic heterocycles. The molecule has 3 N–H and O–H groups in total. The van der Waals surface area contributed by atoms with Crippen molar-refractivity contribution in [1.82, 2.24) is 10.6 Å². The molecule has 2 saturated heterocycles. The van der Waals surface area contributed by atoms with Crippen LogP contribution in [-0.4, -0.2) is 48.8 Å². The van der Waals surface area contributed by atoms with Crippen molar-refractivity contribution in [3.05, 3.63) is 0 Å². The molecule has 0 saturated carbocycles. The molecule has 108 valence electrons. The number of aliphatic carboxylic acids is 1. The van der Waals surface area contributed by atoms with Gasteiger partial charge in [-0.3, -0.25) is 9.59 Å². The Morgan fingerprint density at radius 3 is 2.84 bits per heavy atom. The van der Waals surface area contributed by atoms with Crippen LogP contribution in [0.3, 0.4) is 0 Å². The maximum Gasteiger partial charge on any atom is 0.313 e. The molecule has 2 fully saturated rings. The van der Waals surface area contributed by atoms with Crippen molar-refractivity contribution < 1.29 is 19.4 Å². The first-order valence-electron chi connectivity index (χ1n) is 6.78. The molecule has 0 aromatic heterocycles. The highest BCUT2D eigenvalue weighted by atomic mass is 16.5. The van der Waals surface area contributed by atoms with E-state index in [9.17, 15) is 14.7 Å². The third-order valence-electron chi connectivity index (χ3n) is 4.24. The van der Waals surface area contributed by atoms with Crippen LogP contribution in [0.5, 0.6) is 0 Å². The van der Waals surface area contributed by atoms with Crippen LogP contribution in [-0.2, 0) is 14.3 Å². The Kier molecular flexibility index (Phi) is 4.10. The summed E-state index contributed by atoms with van der Waals surface area (Å²) in [4.78, 5) is 23.5. The molecule has 0 bridgehead atoms. The molecule has 0 radical (unpaired) electrons. The van der Waals surface area contributed by atoms with Gasteiger partial charge in [0, 0.05) is 0 Å². The molecule has 2 aliphatic rings. The molecular formula is C13H22N2O4. The summed E-state index contributed by atoms with van der Waals surface area (Å²) in [5, 5.41) is 15.3. The molecule has 0 aromatic rings. The Labute approximate surface area is 112 Å². The van der Waals surface area contributed by atoms with Gasteiger partial charge in [-0.2, -0.15) is 0 Å². The second-order valence-corrected chi connectivity index (χ2v) is 5.94. The average molecular weight is 270 g/mol. The predicted octanol–water partition coefficient (Wildman–Crippen LogP) is -0.0196. The molecule has 19 heavy (non-hydrogen) atoms. The molecule has 0 aromatic carbocycles. The zero-order valence-electron chi connectivity index (χ0n) is 11.4. The van der Waals surface area contributed by atoms with Gasteiger partial charge in [0.15, 0.2) is 0 Å². The first-order valence-corrected chi connectivity index (χ1v) is 6.78. The fourth-order valence-corrected chi connectivity index (χ4v) is 2.66. The Morgan fingerprint density at radius 2 is 2.21 bits per heavy atom. The highest BCUT2D eigenvalue weighted by Crippen LogP contribution is 2.29. The van der Waals surface area contributed by atoms with Crippen molar-refractivity contribution in [2.24, 2.45) is 11.3 Å². The molecule has 4 atom stereocenters. The van der Waals surface area contributed by atoms with Gasteiger partial charge in [-0.1, -0.05) is 6.92 Å². The number of amides is 1. The first kappa shape index (κ1) is 14.3. The molecule has 1 amide bonds. The normalized spacial score (nSPS) is 38.9. The van der Waals surface area contributed by atoms with Gasteiger partial charge in [0.1, 0.15) is 5.41 Å². The van der Waals surface area contributed by atoms with E-state index in [1.165, 1.54) is 0 Å². The highest BCUT2D eigenvalue weighted by molar-refractivity contribution is 5.84. The molecular weight excluding hydrogens is 248 g/mol. The van der Waals surface area contributed by atoms with Crippen molar-refractivity contribution in [3.63, 3.8) is 0 Å². The van der Waals surface area contributed by atoms with Crippen molar-refractivity contribution in [2.75, 3.05) is 19.8 Å². The monoisotopic (exact) mass is 270 g/mol. The van der Waals surface area contributed by atoms with E-state index in [0.29, 0.717) is 5.92 Å². The lowest BCUT2D eigenvalue weighted by atomic mass is 9.85. The minimum Gasteiger partial charge on any atom is -0.481 e. The maximum atomic E-state index is 12.2. The van der Waals surface area contributed by atoms with Crippen LogP contribution in [0.1, 0.15) is 26.7 Å². The molecule has 2 rings (SSSR count). The van der Waals surface area contributed by atoms with E-state index in [0.717, 1.165) is 19.4 Å². The molecule has 0 spiro atoms. The van der Waals surface area contributed by atoms with Crippen LogP contribution in [0.2, 0.25) is 0 Å². The number of carbonyl (C=O) groups is 2. The Balaban J connectivity index is 1.96. The minimum atomic E-state index is -1.03. The van der Waals surface area contributed by atoms with Crippen LogP contribution in [0, 0.1) is 11.3 Å². The third-order valence-corrected chi connectivity index (χ3v) is 4.24. The first-order chi connectivity index (χ1) is 8.93. The lowest BCUT2D eigenvalue weighted by Gasteiger charge is -2.31. The molecule has 4 unspecified atom stereocenters. The number of hydrogen-bond acceptors (Lipinski definition) is 4. The highest BCUT2D eigenvalue weighted by Gasteiger charge is 2.47. The number of hydrogen-bond donors (Lipinski definition) is 3. The SMILES string of the molecule is CC1CCNC(C(=O)NC2COCC2(C)C(=O)O)C1. The van der Waals surface area contributed by atoms with E-state index in [1.807, 2.05) is 0 Å². The van der Waals surface area contributed by atoms with Crippen molar-refractivity contribution in [3.8, 4) is 0 Å². The van der Waals surface area contributed by atoms with E-state index in [-0.39, 0.29) is 25.2 Å². The number of rotatable bonds is 3. The molecule has 2 heterocycles. The van der Waals surface area contributed by atoms with E-state index in [1.54, 1.807) is 6.92 Å². The lowest BCUT2D eigenvalue weighted by molar-refractivity contribution is -0.149. The largest absolute Gasteiger partial charge is 0.481 e. The van der Waals surface area contributed by atoms with Gasteiger partial charge in [-0.05, 0) is 32.2 Å². The molecule has 0 aliphatic carbocycles. The van der Waals surface area contributed by atoms with E-state index >= 15 is 0 Å². The quantitative estimate of drug-likeness (QED) is 0.671. The van der Waals surface area contributed by atoms with Gasteiger partial charge in [-0.25, -0.2) is 0 Å². The summed E-state index contributed by atoms with van der Waals surface area (Å²) in [6.07, 6.45) is 1.87. The fourth-order valence-electron chi connectivity index (χ4n) is 2.66. The van der Waals surface area contributed by atoms with Gasteiger partial charge < -0.3 is 20.5 Å². The van der Waals surface area contributed by atoms with Gasteiger partial charge in [0.2, 0.25) is 5.91 Å². The number of carboxylic acids is 1. The van der Waals surface area contributed by atoms with Crippen LogP contribution in [0.25, 0.3) is 0 Å². The molecule has 6 nitrogen and oxygen atoms in total. The van der Waals surface area contributed by atoms with Crippen LogP contribution in [0.15, 0.2) is 0 Å². The summed E-state index contributed by atoms with van der Waals surface area (Å²) < 4.78 is 5.23. The second kappa shape index (κ2) is 5.46. The van der Waals surface area contributed by atoms with Crippen molar-refractivity contribution in [1.29, 1.82) is 0 Å². The lowest BCUT2D eigenvalue weighted by Crippen LogP contribution is -2.56. The van der Waals surface area contributed by atoms with Crippen LogP contribution < -0.4 is 10.6 Å². The number of nitrogens with one attached hydrogen (secondary N) is 2. The van der Waals surface area contributed by atoms with Gasteiger partial charge in [-0.15, -0.1) is 0 Å². The Morgan fingerprint density at radius 1 is 1.47 bits per heavy atom. The smallest absolute Gasteiger partial charge is 0.313 e. The summed E-state index contributed by atoms with van der Waals surface area (Å²) in [5.74, 6) is -0.530. The predicted molar refractivity (Wildman–Crippen MR) is 68.7 cm³/mol. The topological polar surface area (TPSA) is 87.7 Å². The number of piperidine rings is 1. The zero-order valence-corrected chi connectivity index (χ0v) is 11.4. The Hall–Kier alpha value is -1.14. The zero-order chi connectivity index (χ0) is 14.0. The minimum absolute atomic E-state index is 0.116. The van der Waals surface area contributed by atoms with Crippen LogP contribution >= 0.6 is 0 Å². The number of carbonyl (C=O) groups excluding carboxylic acids is 1. The summed E-state index contributed by atoms with van der Waals surface area (Å²) in [6, 6.07) is -0.682. The van der Waals surface area contributed by atoms with E-state index < -0.39 is 17.4 Å². The van der Waals surface area contributed by atoms with Gasteiger partial charge in [0.25, 0.3) is 0 Å². The Bertz CT molecular complexity index is 374. The van der Waals surface area contributed by atoms with Gasteiger partial charge in [0.05, 0.1) is 25.3 Å². The summed E-state index contributed by atoms with van der Waals surface area (Å²) in [6.45, 7) is 4.97. The van der Waals surface area contributed by atoms with E-state index in [4.69, 9.17) is 4.74 Å². The molecule has 6 heteroatoms. The average Bonchev–Trinajstić information content (AvgIpc) is 2.72. The standard InChI is InChI=1S/C13H22N2O4/c1-8-3-4-14-9(5-8)11(16)15-10-6-19-7-13(10,2)12(17)18/h8-10,14H,3-7H2,1-2H3,(H,15,16)(H,17,18). The summed E-state index contributed by atoms with van der Waals surface area (Å²) in [7, 11) is 0. The van der Waals surface area contributed by atoms with Gasteiger partial charge >= 0.3 is 5.97 Å². The van der Waals surface area contributed by atoms with Crippen LogP contribution in [0.4, 0.5) is 0 Å². The fraction of sp³-hybridized carbons (Fsp3) is 0.846. The maximum absolute atomic E-state index is 12.2. The third kappa shape index (κ3) is 2.90. The second-order valence-electron chi connectivity index (χ2n) is 5.94. The van der Waals surface area contributed by atoms with Crippen molar-refractivity contribution in [2.45, 2.75) is 38.8 Å².